The van der Waals surface area contributed by atoms with Crippen LogP contribution >= 0.6 is 39.1 Å². The van der Waals surface area contributed by atoms with E-state index in [0.29, 0.717) is 35.1 Å². The van der Waals surface area contributed by atoms with Gasteiger partial charge in [0.2, 0.25) is 5.91 Å². The van der Waals surface area contributed by atoms with E-state index in [0.717, 1.165) is 10.2 Å². The molecular weight excluding hydrogens is 463 g/mol. The van der Waals surface area contributed by atoms with Gasteiger partial charge in [-0.05, 0) is 57.6 Å². The summed E-state index contributed by atoms with van der Waals surface area (Å²) in [4.78, 5) is 11.9. The number of nitrogens with one attached hydrogen (secondary N) is 1. The Bertz CT molecular complexity index is 844. The van der Waals surface area contributed by atoms with Crippen molar-refractivity contribution in [3.8, 4) is 5.75 Å². The first-order valence-electron chi connectivity index (χ1n) is 8.87. The highest BCUT2D eigenvalue weighted by molar-refractivity contribution is 9.10. The Balaban J connectivity index is 1.76. The molecule has 0 aromatic heterocycles. The molecule has 0 saturated carbocycles. The van der Waals surface area contributed by atoms with Gasteiger partial charge in [-0.1, -0.05) is 56.1 Å². The molecule has 2 rings (SSSR count). The maximum absolute atomic E-state index is 11.9. The highest BCUT2D eigenvalue weighted by Crippen LogP contribution is 2.31. The van der Waals surface area contributed by atoms with Gasteiger partial charge in [-0.15, -0.1) is 0 Å². The first-order chi connectivity index (χ1) is 13.2. The van der Waals surface area contributed by atoms with Gasteiger partial charge < -0.3 is 4.74 Å². The van der Waals surface area contributed by atoms with E-state index in [4.69, 9.17) is 27.9 Å². The van der Waals surface area contributed by atoms with Crippen LogP contribution in [0.2, 0.25) is 10.0 Å². The van der Waals surface area contributed by atoms with Crippen molar-refractivity contribution in [1.29, 1.82) is 0 Å². The molecule has 0 saturated heterocycles. The van der Waals surface area contributed by atoms with E-state index in [1.807, 2.05) is 6.07 Å². The van der Waals surface area contributed by atoms with Gasteiger partial charge in [-0.25, -0.2) is 5.43 Å². The van der Waals surface area contributed by atoms with Crippen molar-refractivity contribution >= 4 is 51.3 Å². The van der Waals surface area contributed by atoms with Crippen molar-refractivity contribution in [3.05, 3.63) is 62.0 Å². The van der Waals surface area contributed by atoms with Crippen LogP contribution in [-0.2, 0) is 10.2 Å². The summed E-state index contributed by atoms with van der Waals surface area (Å²) in [6.45, 7) is 6.92. The zero-order valence-corrected chi connectivity index (χ0v) is 19.2. The number of hydrazone groups is 1. The van der Waals surface area contributed by atoms with Crippen LogP contribution in [0.15, 0.2) is 46.0 Å². The Hall–Kier alpha value is -1.56. The number of amides is 1. The molecule has 4 nitrogen and oxygen atoms in total. The van der Waals surface area contributed by atoms with Crippen LogP contribution in [-0.4, -0.2) is 18.7 Å². The number of carbonyl (C=O) groups is 1. The molecule has 28 heavy (non-hydrogen) atoms. The summed E-state index contributed by atoms with van der Waals surface area (Å²) in [5, 5.41) is 4.85. The van der Waals surface area contributed by atoms with E-state index in [1.165, 1.54) is 11.8 Å². The number of hydrogen-bond acceptors (Lipinski definition) is 3. The lowest BCUT2D eigenvalue weighted by Crippen LogP contribution is -2.18. The van der Waals surface area contributed by atoms with E-state index >= 15 is 0 Å². The second-order valence-corrected chi connectivity index (χ2v) is 8.94. The predicted molar refractivity (Wildman–Crippen MR) is 120 cm³/mol. The lowest BCUT2D eigenvalue weighted by molar-refractivity contribution is -0.121. The number of rotatable bonds is 7. The molecule has 0 atom stereocenters. The fourth-order valence-corrected chi connectivity index (χ4v) is 3.35. The molecule has 7 heteroatoms. The lowest BCUT2D eigenvalue weighted by Gasteiger charge is -2.20. The lowest BCUT2D eigenvalue weighted by atomic mass is 9.87. The first-order valence-corrected chi connectivity index (χ1v) is 10.4. The number of benzene rings is 2. The molecule has 0 spiro atoms. The van der Waals surface area contributed by atoms with Crippen LogP contribution in [0.1, 0.15) is 44.7 Å². The van der Waals surface area contributed by atoms with Gasteiger partial charge in [-0.2, -0.15) is 5.10 Å². The van der Waals surface area contributed by atoms with Crippen LogP contribution in [0.4, 0.5) is 0 Å². The predicted octanol–water partition coefficient (Wildman–Crippen LogP) is 6.36. The van der Waals surface area contributed by atoms with Crippen molar-refractivity contribution in [1.82, 2.24) is 5.43 Å². The molecule has 150 valence electrons. The fourth-order valence-electron chi connectivity index (χ4n) is 2.36. The van der Waals surface area contributed by atoms with Gasteiger partial charge in [-0.3, -0.25) is 4.79 Å². The smallest absolute Gasteiger partial charge is 0.240 e. The second-order valence-electron chi connectivity index (χ2n) is 7.28. The molecule has 1 amide bonds. The molecule has 0 bridgehead atoms. The number of nitrogens with zero attached hydrogens (tertiary/aromatic N) is 1. The molecular formula is C21H23BrCl2N2O2. The van der Waals surface area contributed by atoms with E-state index in [9.17, 15) is 4.79 Å². The summed E-state index contributed by atoms with van der Waals surface area (Å²) < 4.78 is 6.67. The first kappa shape index (κ1) is 22.7. The third-order valence-electron chi connectivity index (χ3n) is 3.99. The molecule has 2 aromatic carbocycles. The largest absolute Gasteiger partial charge is 0.492 e. The summed E-state index contributed by atoms with van der Waals surface area (Å²) in [7, 11) is 0. The molecule has 0 unspecified atom stereocenters. The Morgan fingerprint density at radius 2 is 1.89 bits per heavy atom. The molecule has 0 heterocycles. The quantitative estimate of drug-likeness (QED) is 0.281. The minimum absolute atomic E-state index is 0.0772. The molecule has 0 radical (unpaired) electrons. The number of hydrogen-bond donors (Lipinski definition) is 1. The van der Waals surface area contributed by atoms with Crippen molar-refractivity contribution < 1.29 is 9.53 Å². The van der Waals surface area contributed by atoms with Crippen LogP contribution < -0.4 is 10.2 Å². The standard InChI is InChI=1S/C21H23BrCl2N2O2/c1-21(2,3)14-9-10-19(16(22)12-14)28-11-5-8-20(27)26-25-13-15-17(23)6-4-7-18(15)24/h4,6-7,9-10,12-13H,5,8,11H2,1-3H3,(H,26,27)/b25-13+. The van der Waals surface area contributed by atoms with Gasteiger partial charge in [0.05, 0.1) is 27.3 Å². The van der Waals surface area contributed by atoms with Gasteiger partial charge in [0.25, 0.3) is 0 Å². The monoisotopic (exact) mass is 484 g/mol. The van der Waals surface area contributed by atoms with E-state index in [1.54, 1.807) is 18.2 Å². The van der Waals surface area contributed by atoms with E-state index < -0.39 is 0 Å². The molecule has 0 aliphatic carbocycles. The van der Waals surface area contributed by atoms with Crippen LogP contribution in [0, 0.1) is 0 Å². The molecule has 0 fully saturated rings. The van der Waals surface area contributed by atoms with Gasteiger partial charge in [0.15, 0.2) is 0 Å². The van der Waals surface area contributed by atoms with Crippen molar-refractivity contribution in [2.24, 2.45) is 5.10 Å². The Labute approximate surface area is 184 Å². The second kappa shape index (κ2) is 10.3. The number of ether oxygens (including phenoxy) is 1. The summed E-state index contributed by atoms with van der Waals surface area (Å²) in [5.74, 6) is 0.560. The average molecular weight is 486 g/mol. The zero-order chi connectivity index (χ0) is 20.7. The minimum Gasteiger partial charge on any atom is -0.492 e. The minimum atomic E-state index is -0.204. The summed E-state index contributed by atoms with van der Waals surface area (Å²) in [6, 6.07) is 11.2. The van der Waals surface area contributed by atoms with E-state index in [2.05, 4.69) is 59.4 Å². The third-order valence-corrected chi connectivity index (χ3v) is 5.27. The van der Waals surface area contributed by atoms with Gasteiger partial charge in [0, 0.05) is 12.0 Å². The molecule has 0 aliphatic rings. The number of halogens is 3. The Morgan fingerprint density at radius 3 is 2.50 bits per heavy atom. The Kier molecular flexibility index (Phi) is 8.35. The van der Waals surface area contributed by atoms with Crippen LogP contribution in [0.25, 0.3) is 0 Å². The fraction of sp³-hybridized carbons (Fsp3) is 0.333. The number of carbonyl (C=O) groups excluding carboxylic acids is 1. The van der Waals surface area contributed by atoms with Crippen molar-refractivity contribution in [3.63, 3.8) is 0 Å². The SMILES string of the molecule is CC(C)(C)c1ccc(OCCCC(=O)N/N=C/c2c(Cl)cccc2Cl)c(Br)c1. The normalized spacial score (nSPS) is 11.6. The van der Waals surface area contributed by atoms with E-state index in [-0.39, 0.29) is 11.3 Å². The van der Waals surface area contributed by atoms with Gasteiger partial charge in [0.1, 0.15) is 5.75 Å². The highest BCUT2D eigenvalue weighted by atomic mass is 79.9. The maximum atomic E-state index is 11.9. The van der Waals surface area contributed by atoms with Crippen molar-refractivity contribution in [2.45, 2.75) is 39.0 Å². The topological polar surface area (TPSA) is 50.7 Å². The van der Waals surface area contributed by atoms with Crippen LogP contribution in [0.5, 0.6) is 5.75 Å². The molecule has 1 N–H and O–H groups in total. The molecule has 2 aromatic rings. The third kappa shape index (κ3) is 6.80. The summed E-state index contributed by atoms with van der Waals surface area (Å²) in [6.07, 6.45) is 2.31. The average Bonchev–Trinajstić information content (AvgIpc) is 2.61. The Morgan fingerprint density at radius 1 is 1.21 bits per heavy atom. The zero-order valence-electron chi connectivity index (χ0n) is 16.1. The van der Waals surface area contributed by atoms with Crippen molar-refractivity contribution in [2.75, 3.05) is 6.61 Å². The maximum Gasteiger partial charge on any atom is 0.240 e. The summed E-state index contributed by atoms with van der Waals surface area (Å²) >= 11 is 15.6. The summed E-state index contributed by atoms with van der Waals surface area (Å²) in [5.41, 5.74) is 4.34. The highest BCUT2D eigenvalue weighted by Gasteiger charge is 2.15. The van der Waals surface area contributed by atoms with Gasteiger partial charge >= 0.3 is 0 Å². The van der Waals surface area contributed by atoms with Crippen LogP contribution in [0.3, 0.4) is 0 Å². The molecule has 0 aliphatic heterocycles.